The van der Waals surface area contributed by atoms with Crippen LogP contribution in [-0.4, -0.2) is 19.9 Å². The minimum absolute atomic E-state index is 0. The minimum Gasteiger partial charge on any atom is 1.00 e. The number of pyridine rings is 4. The average molecular weight is 878 g/mol. The molecule has 4 heterocycles. The molecule has 44 heavy (non-hydrogen) atoms. The van der Waals surface area contributed by atoms with Crippen molar-refractivity contribution in [3.8, 4) is 0 Å². The molecule has 0 atom stereocenters. The Hall–Kier alpha value is -1.90. The predicted octanol–water partition coefficient (Wildman–Crippen LogP) is 12.3. The summed E-state index contributed by atoms with van der Waals surface area (Å²) in [5.74, 6) is 0. The molecule has 0 aliphatic carbocycles. The largest absolute Gasteiger partial charge is 1.00 e. The average Bonchev–Trinajstić information content (AvgIpc) is 2.78. The first-order valence-corrected chi connectivity index (χ1v) is 15.1. The van der Waals surface area contributed by atoms with Crippen molar-refractivity contribution < 1.29 is 95.1 Å². The summed E-state index contributed by atoms with van der Waals surface area (Å²) >= 11 is 0. The molecule has 260 valence electrons. The first-order valence-electron chi connectivity index (χ1n) is 11.1. The molecule has 0 N–H and O–H groups in total. The summed E-state index contributed by atoms with van der Waals surface area (Å²) in [6, 6.07) is 15.8. The van der Waals surface area contributed by atoms with Gasteiger partial charge < -0.3 is 0 Å². The van der Waals surface area contributed by atoms with Crippen LogP contribution in [0.3, 0.4) is 0 Å². The molecular weight excluding hydrogens is 850 g/mol. The van der Waals surface area contributed by atoms with Gasteiger partial charge in [0.05, 0.1) is 0 Å². The Balaban J connectivity index is -0.000000216. The first kappa shape index (κ1) is 49.0. The van der Waals surface area contributed by atoms with Crippen LogP contribution in [0.25, 0.3) is 0 Å². The van der Waals surface area contributed by atoms with Gasteiger partial charge in [-0.2, -0.15) is 0 Å². The third-order valence-corrected chi connectivity index (χ3v) is 3.39. The van der Waals surface area contributed by atoms with Gasteiger partial charge in [0.2, 0.25) is 0 Å². The minimum atomic E-state index is -10.7. The monoisotopic (exact) mass is 876 g/mol. The third kappa shape index (κ3) is 67.7. The summed E-state index contributed by atoms with van der Waals surface area (Å²) < 4.78 is 118. The van der Waals surface area contributed by atoms with Crippen LogP contribution in [0.15, 0.2) is 98.1 Å². The summed E-state index contributed by atoms with van der Waals surface area (Å²) in [5.41, 5.74) is 5.04. The standard InChI is InChI=1S/4C6H7N.2Ag.2F6P/c4*1-6-2-4-7-5-3-6;;;2*1-7(2,3,4,5)6/h4*2-5H,1H3;;;;/q;;;;2*+1;2*-1. The van der Waals surface area contributed by atoms with Crippen LogP contribution in [-0.2, 0) is 44.8 Å². The normalized spacial score (nSPS) is 12.9. The molecule has 20 heteroatoms. The Morgan fingerprint density at radius 2 is 0.409 bits per heavy atom. The van der Waals surface area contributed by atoms with Crippen molar-refractivity contribution in [1.82, 2.24) is 19.9 Å². The molecule has 0 saturated carbocycles. The Kier molecular flexibility index (Phi) is 20.4. The van der Waals surface area contributed by atoms with Gasteiger partial charge in [-0.1, -0.05) is 0 Å². The van der Waals surface area contributed by atoms with E-state index in [0.717, 1.165) is 0 Å². The topological polar surface area (TPSA) is 51.6 Å². The number of hydrogen-bond donors (Lipinski definition) is 0. The Morgan fingerprint density at radius 1 is 0.318 bits per heavy atom. The van der Waals surface area contributed by atoms with Gasteiger partial charge in [-0.15, -0.1) is 0 Å². The number of nitrogens with zero attached hydrogens (tertiary/aromatic N) is 4. The maximum Gasteiger partial charge on any atom is 1.00 e. The molecule has 4 aromatic heterocycles. The molecule has 0 fully saturated rings. The maximum atomic E-state index is 9.87. The SMILES string of the molecule is Cc1ccncc1.Cc1ccncc1.Cc1ccncc1.Cc1ccncc1.F[P-](F)(F)(F)(F)F.F[P-](F)(F)(F)(F)F.[Ag+].[Ag+]. The summed E-state index contributed by atoms with van der Waals surface area (Å²) in [5, 5.41) is 0. The van der Waals surface area contributed by atoms with Crippen molar-refractivity contribution in [2.45, 2.75) is 27.7 Å². The van der Waals surface area contributed by atoms with Crippen molar-refractivity contribution in [1.29, 1.82) is 0 Å². The Labute approximate surface area is 277 Å². The van der Waals surface area contributed by atoms with E-state index in [-0.39, 0.29) is 44.8 Å². The van der Waals surface area contributed by atoms with Crippen LogP contribution in [0.2, 0.25) is 0 Å². The van der Waals surface area contributed by atoms with E-state index >= 15 is 0 Å². The smallest absolute Gasteiger partial charge is 1.00 e. The second-order valence-corrected chi connectivity index (χ2v) is 11.8. The van der Waals surface area contributed by atoms with E-state index in [0.29, 0.717) is 0 Å². The predicted molar refractivity (Wildman–Crippen MR) is 143 cm³/mol. The zero-order valence-electron chi connectivity index (χ0n) is 23.1. The molecule has 0 unspecified atom stereocenters. The molecule has 4 nitrogen and oxygen atoms in total. The van der Waals surface area contributed by atoms with Gasteiger partial charge >= 0.3 is 111 Å². The van der Waals surface area contributed by atoms with E-state index in [4.69, 9.17) is 0 Å². The Morgan fingerprint density at radius 3 is 0.455 bits per heavy atom. The fourth-order valence-electron chi connectivity index (χ4n) is 1.71. The van der Waals surface area contributed by atoms with E-state index in [1.165, 1.54) is 22.3 Å². The molecule has 0 aromatic carbocycles. The van der Waals surface area contributed by atoms with Gasteiger partial charge in [-0.25, -0.2) is 0 Å². The van der Waals surface area contributed by atoms with Crippen LogP contribution in [0, 0.1) is 27.7 Å². The van der Waals surface area contributed by atoms with E-state index in [1.807, 2.05) is 76.2 Å². The molecule has 0 saturated heterocycles. The molecule has 0 aliphatic heterocycles. The summed E-state index contributed by atoms with van der Waals surface area (Å²) in [6.45, 7) is 8.17. The molecule has 0 bridgehead atoms. The third-order valence-electron chi connectivity index (χ3n) is 3.39. The molecular formula is C24H28Ag2F12N4P2. The molecule has 0 amide bonds. The van der Waals surface area contributed by atoms with Crippen LogP contribution in [0.5, 0.6) is 0 Å². The number of aromatic nitrogens is 4. The number of halogens is 12. The molecule has 4 aromatic rings. The van der Waals surface area contributed by atoms with E-state index < -0.39 is 15.6 Å². The van der Waals surface area contributed by atoms with Crippen molar-refractivity contribution in [2.75, 3.05) is 0 Å². The van der Waals surface area contributed by atoms with Crippen LogP contribution in [0.1, 0.15) is 22.3 Å². The van der Waals surface area contributed by atoms with Crippen molar-refractivity contribution in [3.63, 3.8) is 0 Å². The maximum absolute atomic E-state index is 10.7. The van der Waals surface area contributed by atoms with Gasteiger partial charge in [0.25, 0.3) is 0 Å². The van der Waals surface area contributed by atoms with Gasteiger partial charge in [0, 0.05) is 49.6 Å². The second kappa shape index (κ2) is 18.3. The van der Waals surface area contributed by atoms with E-state index in [1.54, 1.807) is 49.6 Å². The van der Waals surface area contributed by atoms with Gasteiger partial charge in [0.15, 0.2) is 0 Å². The molecule has 0 aliphatic rings. The molecule has 0 spiro atoms. The summed E-state index contributed by atoms with van der Waals surface area (Å²) in [4.78, 5) is 15.4. The summed E-state index contributed by atoms with van der Waals surface area (Å²) in [7, 11) is -21.3. The van der Waals surface area contributed by atoms with Crippen LogP contribution in [0.4, 0.5) is 50.4 Å². The van der Waals surface area contributed by atoms with Gasteiger partial charge in [0.1, 0.15) is 0 Å². The molecule has 0 radical (unpaired) electrons. The zero-order valence-corrected chi connectivity index (χ0v) is 27.8. The zero-order chi connectivity index (χ0) is 33.3. The number of aryl methyl sites for hydroxylation is 4. The fraction of sp³-hybridized carbons (Fsp3) is 0.167. The first-order chi connectivity index (χ1) is 18.5. The fourth-order valence-corrected chi connectivity index (χ4v) is 1.71. The summed E-state index contributed by atoms with van der Waals surface area (Å²) in [6.07, 6.45) is 14.3. The Bertz CT molecular complexity index is 1070. The number of hydrogen-bond acceptors (Lipinski definition) is 4. The van der Waals surface area contributed by atoms with Crippen molar-refractivity contribution in [2.24, 2.45) is 0 Å². The second-order valence-electron chi connectivity index (χ2n) is 8.01. The van der Waals surface area contributed by atoms with Crippen molar-refractivity contribution in [3.05, 3.63) is 120 Å². The van der Waals surface area contributed by atoms with Crippen molar-refractivity contribution >= 4 is 15.6 Å². The van der Waals surface area contributed by atoms with E-state index in [9.17, 15) is 50.4 Å². The van der Waals surface area contributed by atoms with E-state index in [2.05, 4.69) is 19.9 Å². The van der Waals surface area contributed by atoms with Crippen LogP contribution < -0.4 is 0 Å². The quantitative estimate of drug-likeness (QED) is 0.100. The van der Waals surface area contributed by atoms with Gasteiger partial charge in [-0.3, -0.25) is 19.9 Å². The van der Waals surface area contributed by atoms with Gasteiger partial charge in [-0.05, 0) is 98.5 Å². The number of rotatable bonds is 0. The van der Waals surface area contributed by atoms with Crippen LogP contribution >= 0.6 is 15.6 Å². The molecule has 4 rings (SSSR count).